The molecule has 0 bridgehead atoms. The number of allylic oxidation sites excluding steroid dienone is 3. The number of nitrogens with zero attached hydrogens (tertiary/aromatic N) is 2. The van der Waals surface area contributed by atoms with Crippen LogP contribution in [0.2, 0.25) is 10.3 Å². The monoisotopic (exact) mass is 966 g/mol. The van der Waals surface area contributed by atoms with Crippen LogP contribution in [0.25, 0.3) is 21.8 Å². The van der Waals surface area contributed by atoms with E-state index in [-0.39, 0.29) is 59.0 Å². The van der Waals surface area contributed by atoms with E-state index in [9.17, 15) is 33.6 Å². The van der Waals surface area contributed by atoms with Crippen molar-refractivity contribution in [3.05, 3.63) is 92.5 Å². The molecule has 2 aliphatic carbocycles. The predicted octanol–water partition coefficient (Wildman–Crippen LogP) is 8.62. The summed E-state index contributed by atoms with van der Waals surface area (Å²) in [5.41, 5.74) is 4.96. The smallest absolute Gasteiger partial charge is 0.336 e. The topological polar surface area (TPSA) is 267 Å². The number of esters is 2. The number of dihydropyridines is 1. The Balaban J connectivity index is 0.000000345. The van der Waals surface area contributed by atoms with Crippen molar-refractivity contribution >= 4 is 92.3 Å². The molecule has 19 heteroatoms. The van der Waals surface area contributed by atoms with Gasteiger partial charge in [0.05, 0.1) is 61.9 Å². The second-order valence-electron chi connectivity index (χ2n) is 14.8. The molecule has 7 rings (SSSR count). The molecule has 1 atom stereocenters. The third-order valence-electron chi connectivity index (χ3n) is 9.72. The molecule has 1 unspecified atom stereocenters. The highest BCUT2D eigenvalue weighted by Gasteiger charge is 2.40. The second-order valence-corrected chi connectivity index (χ2v) is 15.5. The lowest BCUT2D eigenvalue weighted by atomic mass is 9.75. The van der Waals surface area contributed by atoms with Crippen molar-refractivity contribution in [2.45, 2.75) is 91.9 Å². The van der Waals surface area contributed by atoms with Gasteiger partial charge in [0.1, 0.15) is 45.6 Å². The van der Waals surface area contributed by atoms with E-state index in [0.717, 1.165) is 53.9 Å². The van der Waals surface area contributed by atoms with Crippen LogP contribution < -0.4 is 20.9 Å². The second kappa shape index (κ2) is 27.8. The number of benzene rings is 2. The number of carbonyl (C=O) groups excluding carboxylic acids is 7. The molecule has 360 valence electrons. The number of nitrogens with one attached hydrogen (secondary N) is 1. The van der Waals surface area contributed by atoms with Gasteiger partial charge in [-0.15, -0.1) is 0 Å². The van der Waals surface area contributed by atoms with E-state index in [0.29, 0.717) is 71.4 Å². The minimum Gasteiger partial charge on any atom is -0.497 e. The predicted molar refractivity (Wildman–Crippen MR) is 252 cm³/mol. The van der Waals surface area contributed by atoms with Crippen molar-refractivity contribution in [1.82, 2.24) is 21.4 Å². The normalized spacial score (nSPS) is 14.9. The van der Waals surface area contributed by atoms with E-state index >= 15 is 0 Å². The summed E-state index contributed by atoms with van der Waals surface area (Å²) >= 11 is 12.4. The summed E-state index contributed by atoms with van der Waals surface area (Å²) in [5, 5.41) is 12.8. The van der Waals surface area contributed by atoms with Crippen molar-refractivity contribution in [3.63, 3.8) is 0 Å². The van der Waals surface area contributed by atoms with Gasteiger partial charge in [0, 0.05) is 59.5 Å². The zero-order valence-electron chi connectivity index (χ0n) is 38.5. The fourth-order valence-electron chi connectivity index (χ4n) is 6.90. The number of ether oxygens (including phenoxy) is 4. The summed E-state index contributed by atoms with van der Waals surface area (Å²) in [6.45, 7) is 8.31. The SMILES string of the molecule is CC(=O)O.CCOC(=O)C1=C(C)NC2=C(C(=O)CCC2)C1c1cc2cc(OC)ccc2nc1Cl.CCOC(=O)CC(C)=O.COc1ccc2nc(Cl)c(C=O)cc2c1.N.O=C1CCCC(=O)C1. The first kappa shape index (κ1) is 56.6. The van der Waals surface area contributed by atoms with Crippen LogP contribution in [0.15, 0.2) is 71.1 Å². The molecule has 0 radical (unpaired) electrons. The number of pyridine rings is 2. The van der Waals surface area contributed by atoms with Crippen LogP contribution in [0.3, 0.4) is 0 Å². The standard InChI is InChI=1S/C23H23ClN2O4.C11H8ClNO2.C6H10O3.C6H8O2.C2H4O2.H3N/c1-4-30-23(28)19-12(2)25-17-6-5-7-18(27)21(17)20(19)15-11-13-10-14(29-3)8-9-16(13)26-22(15)24;1-15-9-2-3-10-7(5-9)4-8(6-14)11(12)13-10;1-3-9-6(8)4-5(2)7;7-5-2-1-3-6(8)4-5;1-2(3)4;/h8-11,20,25H,4-7H2,1-3H3;2-6H,1H3;3-4H2,1-2H3;1-4H2;1H3,(H,3,4);1H3. The van der Waals surface area contributed by atoms with Crippen LogP contribution in [0.1, 0.15) is 108 Å². The summed E-state index contributed by atoms with van der Waals surface area (Å²) in [4.78, 5) is 95.7. The van der Waals surface area contributed by atoms with Crippen molar-refractivity contribution in [2.75, 3.05) is 27.4 Å². The highest BCUT2D eigenvalue weighted by atomic mass is 35.5. The first-order valence-corrected chi connectivity index (χ1v) is 21.7. The van der Waals surface area contributed by atoms with Crippen molar-refractivity contribution in [3.8, 4) is 11.5 Å². The lowest BCUT2D eigenvalue weighted by molar-refractivity contribution is -0.145. The fourth-order valence-corrected chi connectivity index (χ4v) is 7.35. The largest absolute Gasteiger partial charge is 0.497 e. The Morgan fingerprint density at radius 3 is 1.79 bits per heavy atom. The fraction of sp³-hybridized carbons (Fsp3) is 0.375. The van der Waals surface area contributed by atoms with Gasteiger partial charge >= 0.3 is 11.9 Å². The quantitative estimate of drug-likeness (QED) is 0.0613. The van der Waals surface area contributed by atoms with Gasteiger partial charge in [-0.3, -0.25) is 33.6 Å². The lowest BCUT2D eigenvalue weighted by Crippen LogP contribution is -2.34. The van der Waals surface area contributed by atoms with E-state index in [1.165, 1.54) is 6.92 Å². The maximum absolute atomic E-state index is 13.0. The van der Waals surface area contributed by atoms with Gasteiger partial charge in [-0.25, -0.2) is 14.8 Å². The Morgan fingerprint density at radius 1 is 0.791 bits per heavy atom. The molecule has 0 spiro atoms. The van der Waals surface area contributed by atoms with Crippen LogP contribution >= 0.6 is 23.2 Å². The van der Waals surface area contributed by atoms with Crippen molar-refractivity contribution in [1.29, 1.82) is 0 Å². The van der Waals surface area contributed by atoms with Crippen molar-refractivity contribution < 1.29 is 62.4 Å². The molecule has 1 fully saturated rings. The molecule has 3 heterocycles. The van der Waals surface area contributed by atoms with Gasteiger partial charge in [-0.2, -0.15) is 0 Å². The molecule has 1 saturated carbocycles. The molecule has 4 aromatic rings. The van der Waals surface area contributed by atoms with Gasteiger partial charge in [0.15, 0.2) is 12.1 Å². The molecule has 2 aromatic heterocycles. The van der Waals surface area contributed by atoms with Crippen LogP contribution in [-0.4, -0.2) is 89.8 Å². The highest BCUT2D eigenvalue weighted by Crippen LogP contribution is 2.45. The molecule has 5 N–H and O–H groups in total. The zero-order valence-corrected chi connectivity index (χ0v) is 40.1. The summed E-state index contributed by atoms with van der Waals surface area (Å²) in [6.07, 6.45) is 4.76. The molecular formula is C48H56Cl2N4O13. The number of hydrogen-bond donors (Lipinski definition) is 3. The third kappa shape index (κ3) is 17.0. The number of fused-ring (bicyclic) bond motifs is 2. The lowest BCUT2D eigenvalue weighted by Gasteiger charge is -2.34. The summed E-state index contributed by atoms with van der Waals surface area (Å²) in [6, 6.07) is 14.5. The van der Waals surface area contributed by atoms with Gasteiger partial charge in [0.25, 0.3) is 5.97 Å². The number of methoxy groups -OCH3 is 2. The summed E-state index contributed by atoms with van der Waals surface area (Å²) in [5.74, 6) is -0.855. The average Bonchev–Trinajstić information content (AvgIpc) is 3.25. The average molecular weight is 968 g/mol. The Hall–Kier alpha value is -6.56. The molecular weight excluding hydrogens is 911 g/mol. The molecule has 1 aliphatic heterocycles. The number of aliphatic carboxylic acids is 1. The molecule has 0 amide bonds. The third-order valence-corrected chi connectivity index (χ3v) is 10.3. The number of aromatic nitrogens is 2. The number of hydrogen-bond acceptors (Lipinski definition) is 16. The van der Waals surface area contributed by atoms with E-state index in [1.807, 2.05) is 37.3 Å². The van der Waals surface area contributed by atoms with Gasteiger partial charge in [-0.1, -0.05) is 23.2 Å². The zero-order chi connectivity index (χ0) is 49.1. The Morgan fingerprint density at radius 2 is 1.31 bits per heavy atom. The number of Topliss-reactive ketones (excluding diaryl/α,β-unsaturated/α-hetero) is 4. The molecule has 17 nitrogen and oxygen atoms in total. The summed E-state index contributed by atoms with van der Waals surface area (Å²) < 4.78 is 20.2. The van der Waals surface area contributed by atoms with Crippen LogP contribution in [-0.2, 0) is 43.0 Å². The van der Waals surface area contributed by atoms with Gasteiger partial charge < -0.3 is 35.5 Å². The minimum atomic E-state index is -0.833. The number of carboxylic acid groups (broad SMARTS) is 1. The summed E-state index contributed by atoms with van der Waals surface area (Å²) in [7, 11) is 3.19. The maximum atomic E-state index is 13.0. The molecule has 67 heavy (non-hydrogen) atoms. The van der Waals surface area contributed by atoms with E-state index in [1.54, 1.807) is 46.3 Å². The minimum absolute atomic E-state index is 0. The van der Waals surface area contributed by atoms with E-state index in [2.05, 4.69) is 20.0 Å². The number of halogens is 2. The van der Waals surface area contributed by atoms with Gasteiger partial charge in [0.2, 0.25) is 0 Å². The first-order valence-electron chi connectivity index (χ1n) is 20.9. The first-order chi connectivity index (χ1) is 31.4. The number of carbonyl (C=O) groups is 8. The van der Waals surface area contributed by atoms with Gasteiger partial charge in [-0.05, 0) is 95.5 Å². The highest BCUT2D eigenvalue weighted by molar-refractivity contribution is 6.32. The van der Waals surface area contributed by atoms with Crippen molar-refractivity contribution in [2.24, 2.45) is 0 Å². The number of aldehydes is 1. The molecule has 2 aromatic carbocycles. The van der Waals surface area contributed by atoms with E-state index < -0.39 is 23.8 Å². The number of carboxylic acids is 1. The van der Waals surface area contributed by atoms with Crippen LogP contribution in [0.4, 0.5) is 0 Å². The number of rotatable bonds is 9. The number of ketones is 4. The Labute approximate surface area is 398 Å². The van der Waals surface area contributed by atoms with Crippen LogP contribution in [0.5, 0.6) is 11.5 Å². The Bertz CT molecular complexity index is 2540. The van der Waals surface area contributed by atoms with E-state index in [4.69, 9.17) is 47.3 Å². The van der Waals surface area contributed by atoms with Crippen LogP contribution in [0, 0.1) is 0 Å². The Kier molecular flexibility index (Phi) is 23.5. The molecule has 0 saturated heterocycles. The molecule has 3 aliphatic rings. The maximum Gasteiger partial charge on any atom is 0.336 e.